The Morgan fingerprint density at radius 1 is 1.27 bits per heavy atom. The Bertz CT molecular complexity index is 850. The molecule has 26 heavy (non-hydrogen) atoms. The van der Waals surface area contributed by atoms with Crippen LogP contribution in [-0.4, -0.2) is 26.9 Å². The molecule has 9 heteroatoms. The van der Waals surface area contributed by atoms with Gasteiger partial charge in [0.05, 0.1) is 22.5 Å². The number of nitro groups is 1. The number of non-ortho nitro benzene ring substituents is 1. The second-order valence-electron chi connectivity index (χ2n) is 6.17. The van der Waals surface area contributed by atoms with Gasteiger partial charge in [0.25, 0.3) is 5.69 Å². The summed E-state index contributed by atoms with van der Waals surface area (Å²) in [6.07, 6.45) is 2.70. The fourth-order valence-electron chi connectivity index (χ4n) is 3.18. The summed E-state index contributed by atoms with van der Waals surface area (Å²) in [7, 11) is 0. The van der Waals surface area contributed by atoms with Crippen LogP contribution < -0.4 is 5.32 Å². The number of nitrogens with zero attached hydrogens (tertiary/aromatic N) is 2. The number of nitro benzene ring substituents is 1. The summed E-state index contributed by atoms with van der Waals surface area (Å²) in [5, 5.41) is 24.9. The van der Waals surface area contributed by atoms with Crippen molar-refractivity contribution in [2.24, 2.45) is 11.8 Å². The molecule has 8 nitrogen and oxygen atoms in total. The predicted molar refractivity (Wildman–Crippen MR) is 95.9 cm³/mol. The molecule has 1 aliphatic carbocycles. The number of carboxylic acids is 1. The number of carboxylic acid groups (broad SMARTS) is 1. The van der Waals surface area contributed by atoms with Gasteiger partial charge >= 0.3 is 5.97 Å². The molecule has 2 unspecified atom stereocenters. The van der Waals surface area contributed by atoms with E-state index in [1.54, 1.807) is 17.5 Å². The molecule has 1 amide bonds. The SMILES string of the molecule is O=C(O)C1CCCCC1C(=O)Nc1nc(-c2cccc([N+](=O)[O-])c2)cs1. The fraction of sp³-hybridized carbons (Fsp3) is 0.353. The molecule has 1 saturated carbocycles. The molecule has 2 aromatic rings. The zero-order valence-corrected chi connectivity index (χ0v) is 14.6. The maximum absolute atomic E-state index is 12.5. The van der Waals surface area contributed by atoms with Crippen molar-refractivity contribution in [1.82, 2.24) is 4.98 Å². The number of aromatic nitrogens is 1. The summed E-state index contributed by atoms with van der Waals surface area (Å²) in [4.78, 5) is 38.5. The number of amides is 1. The number of carbonyl (C=O) groups excluding carboxylic acids is 1. The molecule has 0 bridgehead atoms. The lowest BCUT2D eigenvalue weighted by Crippen LogP contribution is -2.36. The average Bonchev–Trinajstić information content (AvgIpc) is 3.10. The van der Waals surface area contributed by atoms with Crippen LogP contribution in [0.5, 0.6) is 0 Å². The average molecular weight is 375 g/mol. The van der Waals surface area contributed by atoms with Crippen molar-refractivity contribution in [3.05, 3.63) is 39.8 Å². The lowest BCUT2D eigenvalue weighted by molar-refractivity contribution is -0.384. The van der Waals surface area contributed by atoms with E-state index in [-0.39, 0.29) is 11.6 Å². The number of carbonyl (C=O) groups is 2. The Labute approximate surface area is 153 Å². The second-order valence-corrected chi connectivity index (χ2v) is 7.03. The molecule has 1 fully saturated rings. The van der Waals surface area contributed by atoms with Gasteiger partial charge in [-0.2, -0.15) is 0 Å². The molecule has 0 aliphatic heterocycles. The van der Waals surface area contributed by atoms with Crippen LogP contribution in [0.15, 0.2) is 29.6 Å². The standard InChI is InChI=1S/C17H17N3O5S/c21-15(12-6-1-2-7-13(12)16(22)23)19-17-18-14(9-26-17)10-4-3-5-11(8-10)20(24)25/h3-5,8-9,12-13H,1-2,6-7H2,(H,22,23)(H,18,19,21). The van der Waals surface area contributed by atoms with Gasteiger partial charge in [-0.15, -0.1) is 11.3 Å². The van der Waals surface area contributed by atoms with E-state index in [2.05, 4.69) is 10.3 Å². The molecular weight excluding hydrogens is 358 g/mol. The van der Waals surface area contributed by atoms with Gasteiger partial charge in [-0.3, -0.25) is 19.7 Å². The van der Waals surface area contributed by atoms with Gasteiger partial charge in [-0.1, -0.05) is 25.0 Å². The summed E-state index contributed by atoms with van der Waals surface area (Å²) >= 11 is 1.20. The number of hydrogen-bond donors (Lipinski definition) is 2. The van der Waals surface area contributed by atoms with Crippen molar-refractivity contribution in [2.45, 2.75) is 25.7 Å². The van der Waals surface area contributed by atoms with Gasteiger partial charge in [0.2, 0.25) is 5.91 Å². The van der Waals surface area contributed by atoms with Gasteiger partial charge in [0.15, 0.2) is 5.13 Å². The number of hydrogen-bond acceptors (Lipinski definition) is 6. The predicted octanol–water partition coefficient (Wildman–Crippen LogP) is 3.55. The highest BCUT2D eigenvalue weighted by molar-refractivity contribution is 7.14. The minimum atomic E-state index is -0.943. The topological polar surface area (TPSA) is 122 Å². The van der Waals surface area contributed by atoms with E-state index < -0.39 is 22.7 Å². The van der Waals surface area contributed by atoms with Crippen LogP contribution in [0.4, 0.5) is 10.8 Å². The van der Waals surface area contributed by atoms with Crippen LogP contribution in [0.3, 0.4) is 0 Å². The third kappa shape index (κ3) is 3.88. The Morgan fingerprint density at radius 2 is 2.00 bits per heavy atom. The molecule has 0 spiro atoms. The molecule has 0 radical (unpaired) electrons. The summed E-state index contributed by atoms with van der Waals surface area (Å²) in [5.74, 6) is -2.51. The Hall–Kier alpha value is -2.81. The zero-order valence-electron chi connectivity index (χ0n) is 13.8. The highest BCUT2D eigenvalue weighted by Gasteiger charge is 2.36. The van der Waals surface area contributed by atoms with Crippen molar-refractivity contribution in [3.63, 3.8) is 0 Å². The summed E-state index contributed by atoms with van der Waals surface area (Å²) in [5.41, 5.74) is 1.07. The molecule has 1 aliphatic rings. The molecule has 2 atom stereocenters. The first-order valence-corrected chi connectivity index (χ1v) is 9.07. The first-order valence-electron chi connectivity index (χ1n) is 8.19. The third-order valence-corrected chi connectivity index (χ3v) is 5.26. The largest absolute Gasteiger partial charge is 0.481 e. The van der Waals surface area contributed by atoms with E-state index in [0.717, 1.165) is 12.8 Å². The van der Waals surface area contributed by atoms with Crippen LogP contribution in [0.1, 0.15) is 25.7 Å². The fourth-order valence-corrected chi connectivity index (χ4v) is 3.90. The lowest BCUT2D eigenvalue weighted by Gasteiger charge is -2.26. The van der Waals surface area contributed by atoms with Crippen molar-refractivity contribution < 1.29 is 19.6 Å². The van der Waals surface area contributed by atoms with E-state index in [1.165, 1.54) is 23.5 Å². The molecule has 1 heterocycles. The summed E-state index contributed by atoms with van der Waals surface area (Å²) in [6.45, 7) is 0. The van der Waals surface area contributed by atoms with E-state index in [4.69, 9.17) is 0 Å². The number of rotatable bonds is 5. The molecular formula is C17H17N3O5S. The minimum absolute atomic E-state index is 0.0346. The van der Waals surface area contributed by atoms with Crippen molar-refractivity contribution in [1.29, 1.82) is 0 Å². The summed E-state index contributed by atoms with van der Waals surface area (Å²) in [6, 6.07) is 6.09. The van der Waals surface area contributed by atoms with E-state index in [1.807, 2.05) is 0 Å². The third-order valence-electron chi connectivity index (χ3n) is 4.51. The zero-order chi connectivity index (χ0) is 18.7. The van der Waals surface area contributed by atoms with Gasteiger partial charge in [0, 0.05) is 23.1 Å². The molecule has 2 N–H and O–H groups in total. The number of thiazole rings is 1. The quantitative estimate of drug-likeness (QED) is 0.609. The van der Waals surface area contributed by atoms with Crippen LogP contribution in [0.25, 0.3) is 11.3 Å². The maximum atomic E-state index is 12.5. The molecule has 3 rings (SSSR count). The second kappa shape index (κ2) is 7.61. The molecule has 1 aromatic carbocycles. The van der Waals surface area contributed by atoms with Crippen molar-refractivity contribution in [2.75, 3.05) is 5.32 Å². The van der Waals surface area contributed by atoms with Crippen LogP contribution >= 0.6 is 11.3 Å². The van der Waals surface area contributed by atoms with E-state index in [0.29, 0.717) is 29.2 Å². The van der Waals surface area contributed by atoms with E-state index in [9.17, 15) is 24.8 Å². The van der Waals surface area contributed by atoms with E-state index >= 15 is 0 Å². The number of aliphatic carboxylic acids is 1. The number of benzene rings is 1. The van der Waals surface area contributed by atoms with Gasteiger partial charge in [-0.05, 0) is 12.8 Å². The van der Waals surface area contributed by atoms with Gasteiger partial charge in [-0.25, -0.2) is 4.98 Å². The van der Waals surface area contributed by atoms with Crippen LogP contribution in [0, 0.1) is 22.0 Å². The van der Waals surface area contributed by atoms with Crippen molar-refractivity contribution in [3.8, 4) is 11.3 Å². The van der Waals surface area contributed by atoms with Gasteiger partial charge < -0.3 is 10.4 Å². The first kappa shape index (κ1) is 18.0. The van der Waals surface area contributed by atoms with Crippen LogP contribution in [0.2, 0.25) is 0 Å². The van der Waals surface area contributed by atoms with Crippen molar-refractivity contribution >= 4 is 34.0 Å². The lowest BCUT2D eigenvalue weighted by atomic mass is 9.79. The Morgan fingerprint density at radius 3 is 2.69 bits per heavy atom. The maximum Gasteiger partial charge on any atom is 0.307 e. The monoisotopic (exact) mass is 375 g/mol. The summed E-state index contributed by atoms with van der Waals surface area (Å²) < 4.78 is 0. The molecule has 1 aromatic heterocycles. The first-order chi connectivity index (χ1) is 12.5. The van der Waals surface area contributed by atoms with Crippen LogP contribution in [-0.2, 0) is 9.59 Å². The highest BCUT2D eigenvalue weighted by atomic mass is 32.1. The Balaban J connectivity index is 1.74. The highest BCUT2D eigenvalue weighted by Crippen LogP contribution is 2.32. The smallest absolute Gasteiger partial charge is 0.307 e. The normalized spacial score (nSPS) is 19.7. The van der Waals surface area contributed by atoms with Gasteiger partial charge in [0.1, 0.15) is 0 Å². The molecule has 0 saturated heterocycles. The Kier molecular flexibility index (Phi) is 5.27. The molecule has 136 valence electrons. The number of nitrogens with one attached hydrogen (secondary N) is 1. The number of anilines is 1. The minimum Gasteiger partial charge on any atom is -0.481 e.